The molecule has 0 spiro atoms. The molecule has 6 heteroatoms. The van der Waals surface area contributed by atoms with E-state index >= 15 is 0 Å². The van der Waals surface area contributed by atoms with Crippen LogP contribution in [0.4, 0.5) is 0 Å². The lowest BCUT2D eigenvalue weighted by atomic mass is 9.97. The average molecular weight is 388 g/mol. The molecule has 0 N–H and O–H groups in total. The van der Waals surface area contributed by atoms with E-state index in [2.05, 4.69) is 6.07 Å². The molecule has 0 atom stereocenters. The zero-order valence-corrected chi connectivity index (χ0v) is 16.2. The Morgan fingerprint density at radius 2 is 1.77 bits per heavy atom. The highest BCUT2D eigenvalue weighted by Crippen LogP contribution is 2.35. The molecule has 0 saturated carbocycles. The fraction of sp³-hybridized carbons (Fsp3) is 0.300. The lowest BCUT2D eigenvalue weighted by Crippen LogP contribution is -2.21. The van der Waals surface area contributed by atoms with Crippen molar-refractivity contribution < 1.29 is 13.2 Å². The Morgan fingerprint density at radius 1 is 1.04 bits per heavy atom. The van der Waals surface area contributed by atoms with Crippen molar-refractivity contribution in [2.24, 2.45) is 0 Å². The normalized spacial score (nSPS) is 16.2. The number of ether oxygens (including phenoxy) is 1. The van der Waals surface area contributed by atoms with Crippen LogP contribution in [-0.2, 0) is 14.8 Å². The second-order valence-corrected chi connectivity index (χ2v) is 9.13. The van der Waals surface area contributed by atoms with Gasteiger partial charge in [-0.15, -0.1) is 11.8 Å². The summed E-state index contributed by atoms with van der Waals surface area (Å²) >= 11 is 1.66. The van der Waals surface area contributed by atoms with Gasteiger partial charge in [-0.05, 0) is 55.5 Å². The van der Waals surface area contributed by atoms with Gasteiger partial charge in [0.25, 0.3) is 10.0 Å². The number of hydrogen-bond donors (Lipinski definition) is 0. The summed E-state index contributed by atoms with van der Waals surface area (Å²) in [6.45, 7) is 1.35. The first-order valence-corrected chi connectivity index (χ1v) is 11.4. The predicted octanol–water partition coefficient (Wildman–Crippen LogP) is 4.49. The Kier molecular flexibility index (Phi) is 4.82. The molecule has 0 unspecified atom stereocenters. The molecule has 1 aliphatic heterocycles. The Balaban J connectivity index is 1.96. The summed E-state index contributed by atoms with van der Waals surface area (Å²) in [5, 5.41) is 0.970. The average Bonchev–Trinajstić information content (AvgIpc) is 3.08. The summed E-state index contributed by atoms with van der Waals surface area (Å²) in [6.07, 6.45) is 3.71. The van der Waals surface area contributed by atoms with Crippen LogP contribution in [0, 0.1) is 0 Å². The van der Waals surface area contributed by atoms with Crippen LogP contribution in [0.2, 0.25) is 0 Å². The predicted molar refractivity (Wildman–Crippen MR) is 106 cm³/mol. The maximum atomic E-state index is 13.5. The van der Waals surface area contributed by atoms with Crippen molar-refractivity contribution in [2.75, 3.05) is 19.5 Å². The van der Waals surface area contributed by atoms with Crippen LogP contribution < -0.4 is 0 Å². The largest absolute Gasteiger partial charge is 0.381 e. The van der Waals surface area contributed by atoms with Gasteiger partial charge in [-0.1, -0.05) is 18.2 Å². The third-order valence-electron chi connectivity index (χ3n) is 4.91. The van der Waals surface area contributed by atoms with E-state index in [4.69, 9.17) is 4.74 Å². The maximum Gasteiger partial charge on any atom is 0.268 e. The van der Waals surface area contributed by atoms with Crippen LogP contribution in [0.1, 0.15) is 24.5 Å². The first kappa shape index (κ1) is 17.6. The molecule has 1 saturated heterocycles. The van der Waals surface area contributed by atoms with Gasteiger partial charge in [0.1, 0.15) is 0 Å². The quantitative estimate of drug-likeness (QED) is 0.619. The molecule has 0 aliphatic carbocycles. The minimum Gasteiger partial charge on any atom is -0.381 e. The standard InChI is InChI=1S/C20H21NO3S2/c1-25-17-7-8-19-16(13-17)14-20(15-9-11-24-12-10-15)21(19)26(22,23)18-5-3-2-4-6-18/h2-8,13-15H,9-12H2,1H3. The van der Waals surface area contributed by atoms with Crippen molar-refractivity contribution >= 4 is 32.7 Å². The SMILES string of the molecule is CSc1ccc2c(c1)cc(C1CCOCC1)n2S(=O)(=O)c1ccccc1. The third-order valence-corrected chi connectivity index (χ3v) is 7.39. The fourth-order valence-electron chi connectivity index (χ4n) is 3.56. The lowest BCUT2D eigenvalue weighted by molar-refractivity contribution is 0.0844. The molecule has 136 valence electrons. The summed E-state index contributed by atoms with van der Waals surface area (Å²) in [7, 11) is -3.65. The topological polar surface area (TPSA) is 48.3 Å². The van der Waals surface area contributed by atoms with Crippen LogP contribution in [0.25, 0.3) is 10.9 Å². The monoisotopic (exact) mass is 387 g/mol. The number of benzene rings is 2. The number of thioether (sulfide) groups is 1. The van der Waals surface area contributed by atoms with Gasteiger partial charge in [0.15, 0.2) is 0 Å². The van der Waals surface area contributed by atoms with Gasteiger partial charge in [-0.25, -0.2) is 12.4 Å². The van der Waals surface area contributed by atoms with Crippen LogP contribution in [0.3, 0.4) is 0 Å². The third kappa shape index (κ3) is 3.06. The highest BCUT2D eigenvalue weighted by Gasteiger charge is 2.28. The van der Waals surface area contributed by atoms with E-state index < -0.39 is 10.0 Å². The van der Waals surface area contributed by atoms with Gasteiger partial charge in [-0.3, -0.25) is 0 Å². The van der Waals surface area contributed by atoms with E-state index in [0.717, 1.165) is 34.3 Å². The minimum atomic E-state index is -3.65. The van der Waals surface area contributed by atoms with Gasteiger partial charge in [0.2, 0.25) is 0 Å². The summed E-state index contributed by atoms with van der Waals surface area (Å²) in [6, 6.07) is 16.7. The summed E-state index contributed by atoms with van der Waals surface area (Å²) < 4.78 is 33.9. The molecular weight excluding hydrogens is 366 g/mol. The summed E-state index contributed by atoms with van der Waals surface area (Å²) in [4.78, 5) is 1.45. The van der Waals surface area contributed by atoms with E-state index in [1.165, 1.54) is 0 Å². The molecule has 4 nitrogen and oxygen atoms in total. The van der Waals surface area contributed by atoms with Crippen molar-refractivity contribution in [3.05, 3.63) is 60.3 Å². The van der Waals surface area contributed by atoms with E-state index in [0.29, 0.717) is 18.1 Å². The zero-order chi connectivity index (χ0) is 18.1. The molecular formula is C20H21NO3S2. The Labute approximate surface area is 158 Å². The Bertz CT molecular complexity index is 1020. The Hall–Kier alpha value is -1.76. The van der Waals surface area contributed by atoms with Crippen molar-refractivity contribution in [3.63, 3.8) is 0 Å². The van der Waals surface area contributed by atoms with E-state index in [9.17, 15) is 8.42 Å². The highest BCUT2D eigenvalue weighted by atomic mass is 32.2. The van der Waals surface area contributed by atoms with Crippen LogP contribution >= 0.6 is 11.8 Å². The number of rotatable bonds is 4. The van der Waals surface area contributed by atoms with E-state index in [-0.39, 0.29) is 5.92 Å². The maximum absolute atomic E-state index is 13.5. The number of nitrogens with zero attached hydrogens (tertiary/aromatic N) is 1. The van der Waals surface area contributed by atoms with Crippen LogP contribution in [0.15, 0.2) is 64.4 Å². The van der Waals surface area contributed by atoms with Gasteiger partial charge in [0, 0.05) is 35.1 Å². The first-order valence-electron chi connectivity index (χ1n) is 8.69. The molecule has 1 aliphatic rings. The second kappa shape index (κ2) is 7.10. The minimum absolute atomic E-state index is 0.187. The highest BCUT2D eigenvalue weighted by molar-refractivity contribution is 7.98. The van der Waals surface area contributed by atoms with E-state index in [1.807, 2.05) is 30.5 Å². The van der Waals surface area contributed by atoms with Crippen molar-refractivity contribution in [1.29, 1.82) is 0 Å². The molecule has 1 fully saturated rings. The van der Waals surface area contributed by atoms with Crippen molar-refractivity contribution in [3.8, 4) is 0 Å². The molecule has 4 rings (SSSR count). The number of hydrogen-bond acceptors (Lipinski definition) is 4. The lowest BCUT2D eigenvalue weighted by Gasteiger charge is -2.24. The van der Waals surface area contributed by atoms with Gasteiger partial charge in [-0.2, -0.15) is 0 Å². The van der Waals surface area contributed by atoms with Crippen molar-refractivity contribution in [1.82, 2.24) is 3.97 Å². The second-order valence-electron chi connectivity index (χ2n) is 6.46. The molecule has 2 aromatic carbocycles. The summed E-state index contributed by atoms with van der Waals surface area (Å²) in [5.74, 6) is 0.187. The van der Waals surface area contributed by atoms with Crippen LogP contribution in [-0.4, -0.2) is 31.9 Å². The molecule has 0 radical (unpaired) electrons. The molecule has 26 heavy (non-hydrogen) atoms. The van der Waals surface area contributed by atoms with Crippen LogP contribution in [0.5, 0.6) is 0 Å². The molecule has 1 aromatic heterocycles. The first-order chi connectivity index (χ1) is 12.6. The van der Waals surface area contributed by atoms with Gasteiger partial charge in [0.05, 0.1) is 10.4 Å². The molecule has 2 heterocycles. The smallest absolute Gasteiger partial charge is 0.268 e. The summed E-state index contributed by atoms with van der Waals surface area (Å²) in [5.41, 5.74) is 1.61. The molecule has 0 amide bonds. The zero-order valence-electron chi connectivity index (χ0n) is 14.6. The Morgan fingerprint density at radius 3 is 2.46 bits per heavy atom. The molecule has 0 bridgehead atoms. The van der Waals surface area contributed by atoms with E-state index in [1.54, 1.807) is 40.0 Å². The number of aromatic nitrogens is 1. The van der Waals surface area contributed by atoms with Gasteiger partial charge >= 0.3 is 0 Å². The molecule has 3 aromatic rings. The van der Waals surface area contributed by atoms with Crippen molar-refractivity contribution in [2.45, 2.75) is 28.6 Å². The number of fused-ring (bicyclic) bond motifs is 1. The van der Waals surface area contributed by atoms with Gasteiger partial charge < -0.3 is 4.74 Å². The fourth-order valence-corrected chi connectivity index (χ4v) is 5.63.